The van der Waals surface area contributed by atoms with Crippen molar-refractivity contribution in [1.29, 1.82) is 0 Å². The summed E-state index contributed by atoms with van der Waals surface area (Å²) in [4.78, 5) is 26.4. The second-order valence-corrected chi connectivity index (χ2v) is 9.76. The van der Waals surface area contributed by atoms with Crippen molar-refractivity contribution in [2.75, 3.05) is 25.2 Å². The molecule has 1 unspecified atom stereocenters. The van der Waals surface area contributed by atoms with Crippen LogP contribution in [0.15, 0.2) is 54.6 Å². The molecular weight excluding hydrogens is 418 g/mol. The van der Waals surface area contributed by atoms with Gasteiger partial charge in [-0.3, -0.25) is 15.0 Å². The van der Waals surface area contributed by atoms with E-state index in [4.69, 9.17) is 4.74 Å². The van der Waals surface area contributed by atoms with Gasteiger partial charge in [0.15, 0.2) is 9.84 Å². The summed E-state index contributed by atoms with van der Waals surface area (Å²) in [5, 5.41) is 4.98. The molecule has 2 N–H and O–H groups in total. The number of sulfone groups is 1. The number of methoxy groups -OCH3 is 1. The first-order chi connectivity index (χ1) is 14.8. The predicted octanol–water partition coefficient (Wildman–Crippen LogP) is 1.71. The third-order valence-corrected chi connectivity index (χ3v) is 6.92. The number of carbonyl (C=O) groups is 2. The number of carbonyl (C=O) groups excluding carboxylic acids is 2. The molecule has 0 bridgehead atoms. The Kier molecular flexibility index (Phi) is 7.64. The lowest BCUT2D eigenvalue weighted by molar-refractivity contribution is -0.121. The fourth-order valence-corrected chi connectivity index (χ4v) is 5.28. The Morgan fingerprint density at radius 3 is 2.39 bits per heavy atom. The van der Waals surface area contributed by atoms with Gasteiger partial charge >= 0.3 is 6.03 Å². The number of nitrogens with zero attached hydrogens (tertiary/aromatic N) is 1. The molecule has 166 valence electrons. The highest BCUT2D eigenvalue weighted by atomic mass is 32.2. The zero-order chi connectivity index (χ0) is 22.3. The van der Waals surface area contributed by atoms with Crippen LogP contribution in [0.3, 0.4) is 0 Å². The van der Waals surface area contributed by atoms with Gasteiger partial charge in [0.1, 0.15) is 5.75 Å². The molecule has 31 heavy (non-hydrogen) atoms. The summed E-state index contributed by atoms with van der Waals surface area (Å²) < 4.78 is 29.1. The van der Waals surface area contributed by atoms with Gasteiger partial charge in [-0.15, -0.1) is 0 Å². The largest absolute Gasteiger partial charge is 0.497 e. The summed E-state index contributed by atoms with van der Waals surface area (Å²) in [6.45, 7) is 0.616. The molecule has 9 heteroatoms. The molecule has 0 radical (unpaired) electrons. The van der Waals surface area contributed by atoms with E-state index in [1.54, 1.807) is 7.11 Å². The van der Waals surface area contributed by atoms with E-state index in [-0.39, 0.29) is 24.1 Å². The third kappa shape index (κ3) is 7.08. The lowest BCUT2D eigenvalue weighted by atomic mass is 10.1. The molecule has 0 aromatic heterocycles. The van der Waals surface area contributed by atoms with Gasteiger partial charge in [0.25, 0.3) is 0 Å². The maximum absolute atomic E-state index is 12.5. The molecule has 1 heterocycles. The SMILES string of the molecule is COc1ccc(CN(CC(=O)NC(=O)NCc2ccccc2)C2CCS(=O)(=O)C2)cc1. The minimum atomic E-state index is -3.11. The van der Waals surface area contributed by atoms with E-state index in [0.717, 1.165) is 11.1 Å². The fraction of sp³-hybridized carbons (Fsp3) is 0.364. The van der Waals surface area contributed by atoms with Gasteiger partial charge in [0, 0.05) is 19.1 Å². The summed E-state index contributed by atoms with van der Waals surface area (Å²) in [7, 11) is -1.53. The van der Waals surface area contributed by atoms with Crippen molar-refractivity contribution < 1.29 is 22.7 Å². The number of urea groups is 1. The standard InChI is InChI=1S/C22H27N3O5S/c1-30-20-9-7-18(8-10-20)14-25(19-11-12-31(28,29)16-19)15-21(26)24-22(27)23-13-17-5-3-2-4-6-17/h2-10,19H,11-16H2,1H3,(H2,23,24,26,27). The average molecular weight is 446 g/mol. The highest BCUT2D eigenvalue weighted by Gasteiger charge is 2.33. The van der Waals surface area contributed by atoms with E-state index in [0.29, 0.717) is 25.3 Å². The third-order valence-electron chi connectivity index (χ3n) is 5.17. The Morgan fingerprint density at radius 1 is 1.06 bits per heavy atom. The Bertz CT molecular complexity index is 994. The number of rotatable bonds is 8. The van der Waals surface area contributed by atoms with Crippen LogP contribution in [0.1, 0.15) is 17.5 Å². The first kappa shape index (κ1) is 22.8. The molecule has 0 spiro atoms. The van der Waals surface area contributed by atoms with E-state index in [1.165, 1.54) is 0 Å². The normalized spacial score (nSPS) is 17.3. The molecule has 1 atom stereocenters. The second-order valence-electron chi connectivity index (χ2n) is 7.53. The molecule has 1 fully saturated rings. The fourth-order valence-electron chi connectivity index (χ4n) is 3.52. The molecule has 0 aliphatic carbocycles. The minimum Gasteiger partial charge on any atom is -0.497 e. The van der Waals surface area contributed by atoms with Gasteiger partial charge in [-0.1, -0.05) is 42.5 Å². The Hall–Kier alpha value is -2.91. The maximum atomic E-state index is 12.5. The van der Waals surface area contributed by atoms with Gasteiger partial charge in [0.05, 0.1) is 25.2 Å². The molecule has 1 saturated heterocycles. The number of imide groups is 1. The number of nitrogens with one attached hydrogen (secondary N) is 2. The van der Waals surface area contributed by atoms with Crippen LogP contribution in [-0.2, 0) is 27.7 Å². The van der Waals surface area contributed by atoms with Crippen molar-refractivity contribution in [2.45, 2.75) is 25.6 Å². The van der Waals surface area contributed by atoms with Crippen LogP contribution >= 0.6 is 0 Å². The Labute approximate surface area is 182 Å². The van der Waals surface area contributed by atoms with Gasteiger partial charge in [0.2, 0.25) is 5.91 Å². The molecular formula is C22H27N3O5S. The number of hydrogen-bond donors (Lipinski definition) is 2. The van der Waals surface area contributed by atoms with E-state index in [9.17, 15) is 18.0 Å². The van der Waals surface area contributed by atoms with Crippen molar-refractivity contribution in [2.24, 2.45) is 0 Å². The molecule has 1 aliphatic rings. The summed E-state index contributed by atoms with van der Waals surface area (Å²) in [6, 6.07) is 15.9. The Balaban J connectivity index is 1.60. The van der Waals surface area contributed by atoms with Crippen LogP contribution in [0.25, 0.3) is 0 Å². The lowest BCUT2D eigenvalue weighted by Crippen LogP contribution is -2.47. The van der Waals surface area contributed by atoms with E-state index in [1.807, 2.05) is 59.5 Å². The monoisotopic (exact) mass is 445 g/mol. The molecule has 3 rings (SSSR count). The molecule has 8 nitrogen and oxygen atoms in total. The smallest absolute Gasteiger partial charge is 0.321 e. The van der Waals surface area contributed by atoms with E-state index < -0.39 is 21.8 Å². The van der Waals surface area contributed by atoms with Gasteiger partial charge in [-0.2, -0.15) is 0 Å². The first-order valence-electron chi connectivity index (χ1n) is 10.0. The lowest BCUT2D eigenvalue weighted by Gasteiger charge is -2.27. The van der Waals surface area contributed by atoms with Crippen LogP contribution in [0.2, 0.25) is 0 Å². The Morgan fingerprint density at radius 2 is 1.77 bits per heavy atom. The first-order valence-corrected chi connectivity index (χ1v) is 11.9. The van der Waals surface area contributed by atoms with Crippen LogP contribution in [0.5, 0.6) is 5.75 Å². The van der Waals surface area contributed by atoms with Crippen molar-refractivity contribution >= 4 is 21.8 Å². The topological polar surface area (TPSA) is 105 Å². The van der Waals surface area contributed by atoms with Gasteiger partial charge in [-0.25, -0.2) is 13.2 Å². The number of hydrogen-bond acceptors (Lipinski definition) is 6. The van der Waals surface area contributed by atoms with Crippen molar-refractivity contribution in [3.63, 3.8) is 0 Å². The number of benzene rings is 2. The highest BCUT2D eigenvalue weighted by Crippen LogP contribution is 2.21. The molecule has 3 amide bonds. The van der Waals surface area contributed by atoms with Crippen molar-refractivity contribution in [3.05, 3.63) is 65.7 Å². The quantitative estimate of drug-likeness (QED) is 0.641. The van der Waals surface area contributed by atoms with Crippen LogP contribution in [0, 0.1) is 0 Å². The zero-order valence-electron chi connectivity index (χ0n) is 17.4. The molecule has 2 aromatic rings. The van der Waals surface area contributed by atoms with E-state index in [2.05, 4.69) is 10.6 Å². The van der Waals surface area contributed by atoms with Crippen LogP contribution in [0.4, 0.5) is 4.79 Å². The minimum absolute atomic E-state index is 0.0106. The zero-order valence-corrected chi connectivity index (χ0v) is 18.2. The summed E-state index contributed by atoms with van der Waals surface area (Å²) in [6.07, 6.45) is 0.464. The highest BCUT2D eigenvalue weighted by molar-refractivity contribution is 7.91. The summed E-state index contributed by atoms with van der Waals surface area (Å²) in [5.74, 6) is 0.349. The van der Waals surface area contributed by atoms with Gasteiger partial charge < -0.3 is 10.1 Å². The van der Waals surface area contributed by atoms with Crippen molar-refractivity contribution in [1.82, 2.24) is 15.5 Å². The van der Waals surface area contributed by atoms with Crippen LogP contribution in [-0.4, -0.2) is 56.5 Å². The summed E-state index contributed by atoms with van der Waals surface area (Å²) >= 11 is 0. The molecule has 1 aliphatic heterocycles. The number of amides is 3. The number of ether oxygens (including phenoxy) is 1. The van der Waals surface area contributed by atoms with Gasteiger partial charge in [-0.05, 0) is 29.7 Å². The average Bonchev–Trinajstić information content (AvgIpc) is 3.12. The second kappa shape index (κ2) is 10.4. The molecule has 2 aromatic carbocycles. The van der Waals surface area contributed by atoms with Crippen LogP contribution < -0.4 is 15.4 Å². The predicted molar refractivity (Wildman–Crippen MR) is 117 cm³/mol. The van der Waals surface area contributed by atoms with E-state index >= 15 is 0 Å². The summed E-state index contributed by atoms with van der Waals surface area (Å²) in [5.41, 5.74) is 1.84. The maximum Gasteiger partial charge on any atom is 0.321 e. The molecule has 0 saturated carbocycles. The van der Waals surface area contributed by atoms with Crippen molar-refractivity contribution in [3.8, 4) is 5.75 Å².